The molecule has 152 valence electrons. The lowest BCUT2D eigenvalue weighted by Gasteiger charge is -2.35. The van der Waals surface area contributed by atoms with E-state index in [-0.39, 0.29) is 12.6 Å². The molecule has 1 aromatic rings. The summed E-state index contributed by atoms with van der Waals surface area (Å²) < 4.78 is 5.79. The van der Waals surface area contributed by atoms with Crippen molar-refractivity contribution in [3.05, 3.63) is 34.9 Å². The van der Waals surface area contributed by atoms with E-state index in [1.54, 1.807) is 0 Å². The minimum Gasteiger partial charge on any atom is -0.395 e. The largest absolute Gasteiger partial charge is 0.395 e. The topological polar surface area (TPSA) is 53.0 Å². The quantitative estimate of drug-likeness (QED) is 0.434. The van der Waals surface area contributed by atoms with E-state index in [1.165, 1.54) is 0 Å². The van der Waals surface area contributed by atoms with Crippen molar-refractivity contribution in [3.63, 3.8) is 0 Å². The molecule has 6 heteroatoms. The zero-order valence-corrected chi connectivity index (χ0v) is 17.1. The molecule has 5 nitrogen and oxygen atoms in total. The zero-order valence-electron chi connectivity index (χ0n) is 16.4. The molecule has 1 unspecified atom stereocenters. The number of likely N-dealkylation sites (N-methyl/N-ethyl adjacent to an activating group) is 1. The molecule has 0 spiro atoms. The Morgan fingerprint density at radius 3 is 2.56 bits per heavy atom. The summed E-state index contributed by atoms with van der Waals surface area (Å²) in [6, 6.07) is 7.40. The van der Waals surface area contributed by atoms with Crippen LogP contribution in [0.25, 0.3) is 0 Å². The Morgan fingerprint density at radius 2 is 1.96 bits per heavy atom. The van der Waals surface area contributed by atoms with Crippen LogP contribution in [-0.4, -0.2) is 73.7 Å². The first kappa shape index (κ1) is 22.3. The molecule has 1 saturated heterocycles. The highest BCUT2D eigenvalue weighted by Gasteiger charge is 2.25. The van der Waals surface area contributed by atoms with Crippen LogP contribution in [0.4, 0.5) is 0 Å². The summed E-state index contributed by atoms with van der Waals surface area (Å²) in [5.41, 5.74) is 1.01. The van der Waals surface area contributed by atoms with Crippen LogP contribution in [0.1, 0.15) is 37.8 Å². The van der Waals surface area contributed by atoms with E-state index in [1.807, 2.05) is 24.3 Å². The highest BCUT2D eigenvalue weighted by molar-refractivity contribution is 6.30. The first-order valence-electron chi connectivity index (χ1n) is 10.0. The fraction of sp³-hybridized carbons (Fsp3) is 0.667. The van der Waals surface area contributed by atoms with E-state index in [2.05, 4.69) is 16.7 Å². The molecule has 1 N–H and O–H groups in total. The van der Waals surface area contributed by atoms with Gasteiger partial charge in [0.05, 0.1) is 19.3 Å². The van der Waals surface area contributed by atoms with Gasteiger partial charge in [-0.25, -0.2) is 0 Å². The fourth-order valence-corrected chi connectivity index (χ4v) is 3.80. The smallest absolute Gasteiger partial charge is 0.141 e. The molecule has 1 atom stereocenters. The molecular formula is C21H33ClN2O3. The van der Waals surface area contributed by atoms with E-state index >= 15 is 0 Å². The molecule has 0 aromatic heterocycles. The molecule has 0 saturated carbocycles. The summed E-state index contributed by atoms with van der Waals surface area (Å²) >= 11 is 5.95. The minimum absolute atomic E-state index is 0.175. The van der Waals surface area contributed by atoms with Gasteiger partial charge in [-0.1, -0.05) is 30.7 Å². The van der Waals surface area contributed by atoms with Gasteiger partial charge in [-0.15, -0.1) is 0 Å². The second kappa shape index (κ2) is 12.5. The normalized spacial score (nSPS) is 17.3. The second-order valence-corrected chi connectivity index (χ2v) is 7.61. The van der Waals surface area contributed by atoms with Crippen molar-refractivity contribution in [1.29, 1.82) is 0 Å². The molecule has 1 fully saturated rings. The van der Waals surface area contributed by atoms with Crippen molar-refractivity contribution in [2.45, 2.75) is 32.2 Å². The van der Waals surface area contributed by atoms with Gasteiger partial charge in [-0.05, 0) is 62.5 Å². The Balaban J connectivity index is 1.66. The van der Waals surface area contributed by atoms with Crippen molar-refractivity contribution >= 4 is 17.9 Å². The summed E-state index contributed by atoms with van der Waals surface area (Å²) in [5.74, 6) is 0.665. The van der Waals surface area contributed by atoms with Gasteiger partial charge in [0.2, 0.25) is 0 Å². The van der Waals surface area contributed by atoms with Gasteiger partial charge < -0.3 is 14.6 Å². The van der Waals surface area contributed by atoms with Crippen molar-refractivity contribution in [2.75, 3.05) is 52.5 Å². The number of aliphatic hydroxyl groups is 1. The lowest BCUT2D eigenvalue weighted by Crippen LogP contribution is -2.37. The van der Waals surface area contributed by atoms with Crippen LogP contribution in [0.5, 0.6) is 0 Å². The summed E-state index contributed by atoms with van der Waals surface area (Å²) in [5, 5.41) is 9.68. The Bertz CT molecular complexity index is 533. The number of halogens is 1. The number of rotatable bonds is 12. The summed E-state index contributed by atoms with van der Waals surface area (Å²) in [6.07, 6.45) is 4.32. The number of ether oxygens (including phenoxy) is 1. The standard InChI is InChI=1S/C21H33ClN2O3/c1-2-23(12-14-25)13-16-27-15-9-18-7-10-24(11-8-18)21(17-26)19-3-5-20(22)6-4-19/h3-6,17-18,21,25H,2,7-16H2,1H3. The number of likely N-dealkylation sites (tertiary alicyclic amines) is 1. The van der Waals surface area contributed by atoms with Crippen LogP contribution in [0.2, 0.25) is 5.02 Å². The molecule has 27 heavy (non-hydrogen) atoms. The molecule has 1 aliphatic rings. The van der Waals surface area contributed by atoms with Crippen LogP contribution in [0.15, 0.2) is 24.3 Å². The predicted octanol–water partition coefficient (Wildman–Crippen LogP) is 3.01. The minimum atomic E-state index is -0.175. The third-order valence-corrected chi connectivity index (χ3v) is 5.72. The number of carbonyl (C=O) groups is 1. The van der Waals surface area contributed by atoms with Gasteiger partial charge in [0.15, 0.2) is 0 Å². The van der Waals surface area contributed by atoms with E-state index in [0.717, 1.165) is 70.5 Å². The average Bonchev–Trinajstić information content (AvgIpc) is 2.70. The number of nitrogens with zero attached hydrogens (tertiary/aromatic N) is 2. The second-order valence-electron chi connectivity index (χ2n) is 7.17. The molecule has 0 radical (unpaired) electrons. The van der Waals surface area contributed by atoms with E-state index < -0.39 is 0 Å². The number of benzene rings is 1. The Hall–Kier alpha value is -0.980. The van der Waals surface area contributed by atoms with Gasteiger partial charge in [0, 0.05) is 24.7 Å². The molecule has 1 heterocycles. The maximum atomic E-state index is 11.6. The van der Waals surface area contributed by atoms with Gasteiger partial charge >= 0.3 is 0 Å². The van der Waals surface area contributed by atoms with Crippen molar-refractivity contribution in [1.82, 2.24) is 9.80 Å². The maximum absolute atomic E-state index is 11.6. The Kier molecular flexibility index (Phi) is 10.3. The maximum Gasteiger partial charge on any atom is 0.141 e. The van der Waals surface area contributed by atoms with Gasteiger partial charge in [-0.2, -0.15) is 0 Å². The van der Waals surface area contributed by atoms with Crippen LogP contribution >= 0.6 is 11.6 Å². The summed E-state index contributed by atoms with van der Waals surface area (Å²) in [6.45, 7) is 8.21. The molecule has 1 aliphatic heterocycles. The van der Waals surface area contributed by atoms with Gasteiger partial charge in [0.1, 0.15) is 6.29 Å². The SMILES string of the molecule is CCN(CCO)CCOCCC1CCN(C(C=O)c2ccc(Cl)cc2)CC1. The zero-order chi connectivity index (χ0) is 19.5. The number of hydrogen-bond donors (Lipinski definition) is 1. The van der Waals surface area contributed by atoms with Crippen molar-refractivity contribution in [3.8, 4) is 0 Å². The summed E-state index contributed by atoms with van der Waals surface area (Å²) in [4.78, 5) is 16.1. The fourth-order valence-electron chi connectivity index (χ4n) is 3.67. The monoisotopic (exact) mass is 396 g/mol. The Morgan fingerprint density at radius 1 is 1.26 bits per heavy atom. The number of piperidine rings is 1. The molecule has 0 aliphatic carbocycles. The number of carbonyl (C=O) groups excluding carboxylic acids is 1. The average molecular weight is 397 g/mol. The predicted molar refractivity (Wildman–Crippen MR) is 109 cm³/mol. The lowest BCUT2D eigenvalue weighted by molar-refractivity contribution is -0.113. The van der Waals surface area contributed by atoms with Crippen LogP contribution < -0.4 is 0 Å². The van der Waals surface area contributed by atoms with Crippen LogP contribution in [0.3, 0.4) is 0 Å². The number of aliphatic hydroxyl groups excluding tert-OH is 1. The van der Waals surface area contributed by atoms with E-state index in [9.17, 15) is 4.79 Å². The van der Waals surface area contributed by atoms with Crippen LogP contribution in [-0.2, 0) is 9.53 Å². The number of hydrogen-bond acceptors (Lipinski definition) is 5. The van der Waals surface area contributed by atoms with E-state index in [0.29, 0.717) is 17.5 Å². The van der Waals surface area contributed by atoms with Crippen molar-refractivity contribution < 1.29 is 14.6 Å². The molecular weight excluding hydrogens is 364 g/mol. The Labute approximate surface area is 168 Å². The first-order valence-corrected chi connectivity index (χ1v) is 10.4. The lowest BCUT2D eigenvalue weighted by atomic mass is 9.92. The molecule has 0 bridgehead atoms. The molecule has 0 amide bonds. The molecule has 2 rings (SSSR count). The molecule has 1 aromatic carbocycles. The third-order valence-electron chi connectivity index (χ3n) is 5.47. The van der Waals surface area contributed by atoms with Crippen molar-refractivity contribution in [2.24, 2.45) is 5.92 Å². The van der Waals surface area contributed by atoms with Crippen LogP contribution in [0, 0.1) is 5.92 Å². The van der Waals surface area contributed by atoms with E-state index in [4.69, 9.17) is 21.4 Å². The highest BCUT2D eigenvalue weighted by Crippen LogP contribution is 2.27. The third kappa shape index (κ3) is 7.51. The summed E-state index contributed by atoms with van der Waals surface area (Å²) in [7, 11) is 0. The first-order chi connectivity index (χ1) is 13.2. The van der Waals surface area contributed by atoms with Gasteiger partial charge in [-0.3, -0.25) is 9.80 Å². The number of aldehydes is 1. The highest BCUT2D eigenvalue weighted by atomic mass is 35.5. The van der Waals surface area contributed by atoms with Gasteiger partial charge in [0.25, 0.3) is 0 Å².